The molecule has 0 aliphatic carbocycles. The van der Waals surface area contributed by atoms with Crippen molar-refractivity contribution in [2.45, 2.75) is 16.7 Å². The minimum absolute atomic E-state index is 0.260. The molecular formula is C24H21F3N2O3S. The lowest BCUT2D eigenvalue weighted by molar-refractivity contribution is -0.256. The minimum Gasteiger partial charge on any atom is -0.497 e. The van der Waals surface area contributed by atoms with Crippen molar-refractivity contribution in [2.24, 2.45) is 0 Å². The van der Waals surface area contributed by atoms with Crippen LogP contribution in [0.1, 0.15) is 5.56 Å². The molecule has 0 aliphatic heterocycles. The van der Waals surface area contributed by atoms with Gasteiger partial charge in [-0.25, -0.2) is 4.68 Å². The Labute approximate surface area is 192 Å². The second-order valence-corrected chi connectivity index (χ2v) is 8.35. The maximum Gasteiger partial charge on any atom is 0.422 e. The number of methoxy groups -OCH3 is 2. The lowest BCUT2D eigenvalue weighted by Gasteiger charge is -2.31. The Bertz CT molecular complexity index is 1260. The van der Waals surface area contributed by atoms with Gasteiger partial charge in [0.05, 0.1) is 36.5 Å². The Morgan fingerprint density at radius 1 is 0.970 bits per heavy atom. The van der Waals surface area contributed by atoms with E-state index in [1.807, 2.05) is 30.3 Å². The zero-order chi connectivity index (χ0) is 23.6. The van der Waals surface area contributed by atoms with E-state index in [0.29, 0.717) is 27.3 Å². The number of aromatic nitrogens is 2. The first-order valence-corrected chi connectivity index (χ1v) is 10.9. The van der Waals surface area contributed by atoms with Crippen LogP contribution in [0.15, 0.2) is 77.8 Å². The first-order chi connectivity index (χ1) is 15.8. The van der Waals surface area contributed by atoms with Crippen LogP contribution in [0, 0.1) is 0 Å². The summed E-state index contributed by atoms with van der Waals surface area (Å²) in [4.78, 5) is 0.428. The Morgan fingerprint density at radius 3 is 2.39 bits per heavy atom. The quantitative estimate of drug-likeness (QED) is 0.354. The zero-order valence-corrected chi connectivity index (χ0v) is 18.7. The summed E-state index contributed by atoms with van der Waals surface area (Å²) >= 11 is 0.841. The van der Waals surface area contributed by atoms with Crippen LogP contribution in [0.25, 0.3) is 16.6 Å². The number of aliphatic hydroxyl groups is 1. The highest BCUT2D eigenvalue weighted by Gasteiger charge is 2.55. The van der Waals surface area contributed by atoms with Gasteiger partial charge in [-0.3, -0.25) is 0 Å². The average Bonchev–Trinajstić information content (AvgIpc) is 3.25. The molecule has 1 heterocycles. The molecule has 1 N–H and O–H groups in total. The number of nitrogens with zero attached hydrogens (tertiary/aromatic N) is 2. The molecule has 0 amide bonds. The van der Waals surface area contributed by atoms with Crippen molar-refractivity contribution in [3.8, 4) is 17.2 Å². The van der Waals surface area contributed by atoms with Crippen molar-refractivity contribution in [2.75, 3.05) is 20.0 Å². The topological polar surface area (TPSA) is 56.5 Å². The maximum absolute atomic E-state index is 14.2. The van der Waals surface area contributed by atoms with Gasteiger partial charge in [0, 0.05) is 11.1 Å². The fraction of sp³-hybridized carbons (Fsp3) is 0.208. The van der Waals surface area contributed by atoms with Crippen molar-refractivity contribution < 1.29 is 27.8 Å². The van der Waals surface area contributed by atoms with E-state index in [2.05, 4.69) is 5.10 Å². The molecule has 1 atom stereocenters. The number of rotatable bonds is 7. The highest BCUT2D eigenvalue weighted by Crippen LogP contribution is 2.45. The normalized spacial score (nSPS) is 13.6. The van der Waals surface area contributed by atoms with E-state index < -0.39 is 17.5 Å². The van der Waals surface area contributed by atoms with Gasteiger partial charge in [0.2, 0.25) is 0 Å². The molecule has 0 saturated carbocycles. The number of thioether (sulfide) groups is 1. The molecule has 0 bridgehead atoms. The summed E-state index contributed by atoms with van der Waals surface area (Å²) in [6.07, 6.45) is -3.42. The molecule has 0 fully saturated rings. The first-order valence-electron chi connectivity index (χ1n) is 9.94. The van der Waals surface area contributed by atoms with Crippen LogP contribution in [0.3, 0.4) is 0 Å². The molecule has 3 aromatic carbocycles. The molecule has 9 heteroatoms. The summed E-state index contributed by atoms with van der Waals surface area (Å²) in [5, 5.41) is 15.7. The minimum atomic E-state index is -4.91. The van der Waals surface area contributed by atoms with Gasteiger partial charge >= 0.3 is 6.18 Å². The number of alkyl halides is 3. The lowest BCUT2D eigenvalue weighted by Crippen LogP contribution is -2.44. The summed E-state index contributed by atoms with van der Waals surface area (Å²) in [7, 11) is 2.90. The Morgan fingerprint density at radius 2 is 1.73 bits per heavy atom. The molecule has 0 spiro atoms. The lowest BCUT2D eigenvalue weighted by atomic mass is 9.94. The third-order valence-corrected chi connectivity index (χ3v) is 6.51. The van der Waals surface area contributed by atoms with Crippen LogP contribution in [-0.4, -0.2) is 41.0 Å². The zero-order valence-electron chi connectivity index (χ0n) is 17.8. The third-order valence-electron chi connectivity index (χ3n) is 5.32. The van der Waals surface area contributed by atoms with Crippen molar-refractivity contribution in [1.82, 2.24) is 9.78 Å². The Balaban J connectivity index is 1.70. The van der Waals surface area contributed by atoms with Gasteiger partial charge < -0.3 is 14.6 Å². The summed E-state index contributed by atoms with van der Waals surface area (Å²) in [6.45, 7) is 0. The third kappa shape index (κ3) is 4.38. The molecule has 0 aliphatic rings. The van der Waals surface area contributed by atoms with Gasteiger partial charge in [0.15, 0.2) is 5.60 Å². The molecule has 4 aromatic rings. The number of hydrogen-bond acceptors (Lipinski definition) is 5. The summed E-state index contributed by atoms with van der Waals surface area (Å²) < 4.78 is 54.5. The van der Waals surface area contributed by atoms with Gasteiger partial charge in [0.1, 0.15) is 11.5 Å². The number of benzene rings is 3. The van der Waals surface area contributed by atoms with E-state index in [4.69, 9.17) is 9.47 Å². The number of hydrogen-bond donors (Lipinski definition) is 1. The van der Waals surface area contributed by atoms with E-state index >= 15 is 0 Å². The molecule has 172 valence electrons. The number of halogens is 3. The second kappa shape index (κ2) is 8.99. The van der Waals surface area contributed by atoms with Crippen LogP contribution in [0.5, 0.6) is 11.5 Å². The fourth-order valence-corrected chi connectivity index (χ4v) is 4.66. The first kappa shape index (κ1) is 23.0. The molecular weight excluding hydrogens is 453 g/mol. The van der Waals surface area contributed by atoms with Crippen LogP contribution in [0.2, 0.25) is 0 Å². The number of para-hydroxylation sites is 1. The Kier molecular flexibility index (Phi) is 6.27. The van der Waals surface area contributed by atoms with Crippen molar-refractivity contribution in [1.29, 1.82) is 0 Å². The van der Waals surface area contributed by atoms with E-state index in [-0.39, 0.29) is 5.56 Å². The molecule has 5 nitrogen and oxygen atoms in total. The van der Waals surface area contributed by atoms with Gasteiger partial charge in [-0.05, 0) is 48.0 Å². The molecule has 0 radical (unpaired) electrons. The van der Waals surface area contributed by atoms with Gasteiger partial charge in [0.25, 0.3) is 0 Å². The summed E-state index contributed by atoms with van der Waals surface area (Å²) in [6, 6.07) is 18.3. The Hall–Kier alpha value is -3.17. The molecule has 33 heavy (non-hydrogen) atoms. The molecule has 1 unspecified atom stereocenters. The average molecular weight is 475 g/mol. The van der Waals surface area contributed by atoms with Gasteiger partial charge in [-0.1, -0.05) is 24.3 Å². The van der Waals surface area contributed by atoms with Crippen LogP contribution >= 0.6 is 11.8 Å². The van der Waals surface area contributed by atoms with E-state index in [9.17, 15) is 18.3 Å². The largest absolute Gasteiger partial charge is 0.497 e. The highest BCUT2D eigenvalue weighted by molar-refractivity contribution is 7.99. The van der Waals surface area contributed by atoms with Crippen LogP contribution in [-0.2, 0) is 5.60 Å². The smallest absolute Gasteiger partial charge is 0.422 e. The number of ether oxygens (including phenoxy) is 2. The fourth-order valence-electron chi connectivity index (χ4n) is 3.47. The van der Waals surface area contributed by atoms with E-state index in [1.54, 1.807) is 22.9 Å². The molecule has 0 saturated heterocycles. The highest BCUT2D eigenvalue weighted by atomic mass is 32.2. The van der Waals surface area contributed by atoms with Gasteiger partial charge in [-0.2, -0.15) is 18.3 Å². The molecule has 1 aromatic heterocycles. The molecule has 4 rings (SSSR count). The SMILES string of the molecule is COc1ccc(OC)c(SCC(O)(c2ccc3c(cnn3-c3ccccc3)c2)C(F)(F)F)c1. The maximum atomic E-state index is 14.2. The summed E-state index contributed by atoms with van der Waals surface area (Å²) in [5.74, 6) is 0.201. The summed E-state index contributed by atoms with van der Waals surface area (Å²) in [5.41, 5.74) is -1.93. The van der Waals surface area contributed by atoms with Gasteiger partial charge in [-0.15, -0.1) is 11.8 Å². The van der Waals surface area contributed by atoms with E-state index in [0.717, 1.165) is 17.4 Å². The van der Waals surface area contributed by atoms with Crippen molar-refractivity contribution in [3.63, 3.8) is 0 Å². The van der Waals surface area contributed by atoms with E-state index in [1.165, 1.54) is 38.6 Å². The van der Waals surface area contributed by atoms with Crippen molar-refractivity contribution in [3.05, 3.63) is 78.5 Å². The van der Waals surface area contributed by atoms with Crippen molar-refractivity contribution >= 4 is 22.7 Å². The monoisotopic (exact) mass is 474 g/mol. The standard InChI is InChI=1S/C24H21F3N2O3S/c1-31-19-9-11-21(32-2)22(13-19)33-15-23(30,24(25,26)27)17-8-10-20-16(12-17)14-28-29(20)18-6-4-3-5-7-18/h3-14,30H,15H2,1-2H3. The predicted octanol–water partition coefficient (Wildman–Crippen LogP) is 5.58. The second-order valence-electron chi connectivity index (χ2n) is 7.33. The van der Waals surface area contributed by atoms with Crippen LogP contribution in [0.4, 0.5) is 13.2 Å². The predicted molar refractivity (Wildman–Crippen MR) is 121 cm³/mol. The van der Waals surface area contributed by atoms with Crippen LogP contribution < -0.4 is 9.47 Å². The number of fused-ring (bicyclic) bond motifs is 1.